The Hall–Kier alpha value is -2.30. The molecule has 0 saturated heterocycles. The van der Waals surface area contributed by atoms with Crippen LogP contribution in [0.4, 0.5) is 0 Å². The summed E-state index contributed by atoms with van der Waals surface area (Å²) in [7, 11) is 0. The number of hydrogen-bond acceptors (Lipinski definition) is 3. The molecule has 0 aliphatic carbocycles. The Bertz CT molecular complexity index is 623. The van der Waals surface area contributed by atoms with Gasteiger partial charge in [-0.2, -0.15) is 0 Å². The second kappa shape index (κ2) is 8.36. The molecule has 0 fully saturated rings. The van der Waals surface area contributed by atoms with Crippen LogP contribution in [0.15, 0.2) is 36.9 Å². The topological polar surface area (TPSA) is 56.1 Å². The Morgan fingerprint density at radius 2 is 2.22 bits per heavy atom. The molecule has 0 saturated carbocycles. The highest BCUT2D eigenvalue weighted by Gasteiger charge is 2.18. The number of nitrogens with zero attached hydrogens (tertiary/aromatic N) is 2. The highest BCUT2D eigenvalue weighted by molar-refractivity contribution is 5.81. The van der Waals surface area contributed by atoms with Crippen molar-refractivity contribution < 1.29 is 9.53 Å². The van der Waals surface area contributed by atoms with Crippen molar-refractivity contribution in [1.82, 2.24) is 14.9 Å². The molecule has 124 valence electrons. The first-order valence-electron chi connectivity index (χ1n) is 8.08. The fourth-order valence-corrected chi connectivity index (χ4v) is 2.33. The minimum absolute atomic E-state index is 0.0564. The fourth-order valence-electron chi connectivity index (χ4n) is 2.33. The van der Waals surface area contributed by atoms with Crippen LogP contribution >= 0.6 is 0 Å². The second-order valence-electron chi connectivity index (χ2n) is 5.66. The predicted octanol–water partition coefficient (Wildman–Crippen LogP) is 2.86. The highest BCUT2D eigenvalue weighted by atomic mass is 16.5. The van der Waals surface area contributed by atoms with Gasteiger partial charge in [0, 0.05) is 25.5 Å². The molecule has 1 aromatic carbocycles. The van der Waals surface area contributed by atoms with E-state index in [2.05, 4.69) is 10.3 Å². The van der Waals surface area contributed by atoms with Gasteiger partial charge in [-0.25, -0.2) is 4.98 Å². The molecule has 2 rings (SSSR count). The molecule has 1 N–H and O–H groups in total. The number of nitrogens with one attached hydrogen (secondary N) is 1. The first-order chi connectivity index (χ1) is 11.1. The van der Waals surface area contributed by atoms with Gasteiger partial charge in [0.2, 0.25) is 0 Å². The monoisotopic (exact) mass is 315 g/mol. The number of carbonyl (C=O) groups excluding carboxylic acids is 1. The van der Waals surface area contributed by atoms with Gasteiger partial charge in [-0.1, -0.05) is 19.1 Å². The number of aryl methyl sites for hydroxylation is 2. The van der Waals surface area contributed by atoms with E-state index in [1.54, 1.807) is 12.5 Å². The Kier molecular flexibility index (Phi) is 6.20. The number of amides is 1. The van der Waals surface area contributed by atoms with Gasteiger partial charge in [0.25, 0.3) is 5.91 Å². The summed E-state index contributed by atoms with van der Waals surface area (Å²) in [5.41, 5.74) is 2.25. The number of carbonyl (C=O) groups is 1. The predicted molar refractivity (Wildman–Crippen MR) is 90.5 cm³/mol. The number of benzene rings is 1. The summed E-state index contributed by atoms with van der Waals surface area (Å²) in [6, 6.07) is 5.91. The van der Waals surface area contributed by atoms with Crippen molar-refractivity contribution in [1.29, 1.82) is 0 Å². The van der Waals surface area contributed by atoms with Gasteiger partial charge in [-0.3, -0.25) is 4.79 Å². The number of ether oxygens (including phenoxy) is 1. The standard InChI is InChI=1S/C18H25N3O2/c1-4-16(23-17-8-5-7-14(2)15(17)3)18(22)20-9-6-11-21-12-10-19-13-21/h5,7-8,10,12-13,16H,4,6,9,11H2,1-3H3,(H,20,22)/t16-/m1/s1. The molecule has 5 nitrogen and oxygen atoms in total. The molecular weight excluding hydrogens is 290 g/mol. The zero-order chi connectivity index (χ0) is 16.7. The van der Waals surface area contributed by atoms with E-state index in [4.69, 9.17) is 4.74 Å². The minimum atomic E-state index is -0.455. The third kappa shape index (κ3) is 4.84. The highest BCUT2D eigenvalue weighted by Crippen LogP contribution is 2.22. The van der Waals surface area contributed by atoms with Crippen LogP contribution in [-0.2, 0) is 11.3 Å². The lowest BCUT2D eigenvalue weighted by Crippen LogP contribution is -2.38. The molecule has 1 atom stereocenters. The fraction of sp³-hybridized carbons (Fsp3) is 0.444. The normalized spacial score (nSPS) is 12.0. The summed E-state index contributed by atoms with van der Waals surface area (Å²) < 4.78 is 7.91. The Morgan fingerprint density at radius 1 is 1.39 bits per heavy atom. The van der Waals surface area contributed by atoms with Gasteiger partial charge in [-0.15, -0.1) is 0 Å². The summed E-state index contributed by atoms with van der Waals surface area (Å²) in [4.78, 5) is 16.3. The van der Waals surface area contributed by atoms with Crippen molar-refractivity contribution in [2.24, 2.45) is 0 Å². The average Bonchev–Trinajstić information content (AvgIpc) is 3.06. The van der Waals surface area contributed by atoms with Gasteiger partial charge >= 0.3 is 0 Å². The molecule has 5 heteroatoms. The largest absolute Gasteiger partial charge is 0.480 e. The maximum atomic E-state index is 12.3. The van der Waals surface area contributed by atoms with Crippen LogP contribution in [0.2, 0.25) is 0 Å². The summed E-state index contributed by atoms with van der Waals surface area (Å²) in [5, 5.41) is 2.95. The van der Waals surface area contributed by atoms with E-state index in [1.165, 1.54) is 0 Å². The van der Waals surface area contributed by atoms with Crippen LogP contribution in [0.25, 0.3) is 0 Å². The first kappa shape index (κ1) is 17.1. The van der Waals surface area contributed by atoms with E-state index < -0.39 is 6.10 Å². The van der Waals surface area contributed by atoms with Crippen LogP contribution in [0.3, 0.4) is 0 Å². The van der Waals surface area contributed by atoms with Crippen LogP contribution in [-0.4, -0.2) is 28.1 Å². The number of hydrogen-bond donors (Lipinski definition) is 1. The smallest absolute Gasteiger partial charge is 0.261 e. The van der Waals surface area contributed by atoms with Crippen molar-refractivity contribution in [2.75, 3.05) is 6.54 Å². The van der Waals surface area contributed by atoms with Gasteiger partial charge in [0.15, 0.2) is 6.10 Å². The van der Waals surface area contributed by atoms with Gasteiger partial charge in [0.1, 0.15) is 5.75 Å². The summed E-state index contributed by atoms with van der Waals surface area (Å²) in [6.45, 7) is 7.49. The van der Waals surface area contributed by atoms with Crippen molar-refractivity contribution in [2.45, 2.75) is 46.3 Å². The summed E-state index contributed by atoms with van der Waals surface area (Å²) in [5.74, 6) is 0.726. The van der Waals surface area contributed by atoms with Gasteiger partial charge < -0.3 is 14.6 Å². The van der Waals surface area contributed by atoms with E-state index >= 15 is 0 Å². The van der Waals surface area contributed by atoms with E-state index in [-0.39, 0.29) is 5.91 Å². The van der Waals surface area contributed by atoms with Crippen molar-refractivity contribution in [3.63, 3.8) is 0 Å². The lowest BCUT2D eigenvalue weighted by Gasteiger charge is -2.19. The molecule has 23 heavy (non-hydrogen) atoms. The number of aromatic nitrogens is 2. The molecule has 0 aliphatic heterocycles. The van der Waals surface area contributed by atoms with E-state index in [9.17, 15) is 4.79 Å². The molecule has 0 spiro atoms. The van der Waals surface area contributed by atoms with Crippen molar-refractivity contribution in [3.8, 4) is 5.75 Å². The lowest BCUT2D eigenvalue weighted by atomic mass is 10.1. The number of imidazole rings is 1. The maximum Gasteiger partial charge on any atom is 0.261 e. The summed E-state index contributed by atoms with van der Waals surface area (Å²) >= 11 is 0. The van der Waals surface area contributed by atoms with Crippen LogP contribution in [0.1, 0.15) is 30.9 Å². The van der Waals surface area contributed by atoms with E-state index in [1.807, 2.05) is 49.7 Å². The molecule has 2 aromatic rings. The van der Waals surface area contributed by atoms with E-state index in [0.29, 0.717) is 13.0 Å². The lowest BCUT2D eigenvalue weighted by molar-refractivity contribution is -0.128. The molecule has 0 unspecified atom stereocenters. The van der Waals surface area contributed by atoms with Crippen LogP contribution in [0, 0.1) is 13.8 Å². The van der Waals surface area contributed by atoms with Gasteiger partial charge in [-0.05, 0) is 43.9 Å². The molecule has 0 bridgehead atoms. The molecular formula is C18H25N3O2. The maximum absolute atomic E-state index is 12.3. The third-order valence-corrected chi connectivity index (χ3v) is 3.94. The Labute approximate surface area is 137 Å². The zero-order valence-corrected chi connectivity index (χ0v) is 14.1. The van der Waals surface area contributed by atoms with Crippen molar-refractivity contribution >= 4 is 5.91 Å². The Morgan fingerprint density at radius 3 is 2.91 bits per heavy atom. The van der Waals surface area contributed by atoms with E-state index in [0.717, 1.165) is 29.8 Å². The molecule has 0 radical (unpaired) electrons. The second-order valence-corrected chi connectivity index (χ2v) is 5.66. The quantitative estimate of drug-likeness (QED) is 0.762. The molecule has 1 aromatic heterocycles. The minimum Gasteiger partial charge on any atom is -0.480 e. The van der Waals surface area contributed by atoms with Crippen LogP contribution < -0.4 is 10.1 Å². The van der Waals surface area contributed by atoms with Crippen LogP contribution in [0.5, 0.6) is 5.75 Å². The molecule has 0 aliphatic rings. The average molecular weight is 315 g/mol. The SMILES string of the molecule is CC[C@@H](Oc1cccc(C)c1C)C(=O)NCCCn1ccnc1. The summed E-state index contributed by atoms with van der Waals surface area (Å²) in [6.07, 6.45) is 6.50. The molecule has 1 amide bonds. The Balaban J connectivity index is 1.82. The van der Waals surface area contributed by atoms with Gasteiger partial charge in [0.05, 0.1) is 6.33 Å². The third-order valence-electron chi connectivity index (χ3n) is 3.94. The number of rotatable bonds is 8. The zero-order valence-electron chi connectivity index (χ0n) is 14.1. The first-order valence-corrected chi connectivity index (χ1v) is 8.08. The molecule has 1 heterocycles. The van der Waals surface area contributed by atoms with Crippen molar-refractivity contribution in [3.05, 3.63) is 48.0 Å².